The standard InChI is InChI=1S/C17H14ClN5O4/c1-20-17(19)22-16(24)11-8-9-10(18)6-7-14(15(9)21-11)27-13-5-3-2-4-12(13)23(25)26/h2-8,21H,1H3,(H3,19,20,22,24). The maximum absolute atomic E-state index is 12.2. The molecule has 1 heterocycles. The van der Waals surface area contributed by atoms with E-state index in [4.69, 9.17) is 22.1 Å². The number of rotatable bonds is 4. The van der Waals surface area contributed by atoms with Crippen molar-refractivity contribution in [2.75, 3.05) is 7.05 Å². The summed E-state index contributed by atoms with van der Waals surface area (Å²) in [6, 6.07) is 10.6. The number of nitrogens with one attached hydrogen (secondary N) is 2. The first kappa shape index (κ1) is 18.2. The molecule has 0 saturated carbocycles. The molecule has 3 aromatic rings. The van der Waals surface area contributed by atoms with Crippen LogP contribution in [0.5, 0.6) is 11.5 Å². The molecule has 0 aliphatic carbocycles. The van der Waals surface area contributed by atoms with Crippen molar-refractivity contribution in [2.24, 2.45) is 10.7 Å². The van der Waals surface area contributed by atoms with Crippen LogP contribution in [0.3, 0.4) is 0 Å². The number of halogens is 1. The van der Waals surface area contributed by atoms with E-state index >= 15 is 0 Å². The molecule has 0 bridgehead atoms. The van der Waals surface area contributed by atoms with Gasteiger partial charge in [-0.1, -0.05) is 23.7 Å². The SMILES string of the molecule is CNC(N)=NC(=O)c1cc2c(Cl)ccc(Oc3ccccc3[N+](=O)[O-])c2[nH]1. The van der Waals surface area contributed by atoms with Crippen molar-refractivity contribution in [1.29, 1.82) is 0 Å². The third kappa shape index (κ3) is 3.67. The predicted octanol–water partition coefficient (Wildman–Crippen LogP) is 3.20. The molecule has 0 atom stereocenters. The van der Waals surface area contributed by atoms with Crippen LogP contribution in [0, 0.1) is 10.1 Å². The van der Waals surface area contributed by atoms with Gasteiger partial charge in [0.05, 0.1) is 15.5 Å². The molecule has 0 aliphatic rings. The van der Waals surface area contributed by atoms with Crippen LogP contribution in [0.15, 0.2) is 47.5 Å². The van der Waals surface area contributed by atoms with E-state index in [9.17, 15) is 14.9 Å². The number of hydrogen-bond donors (Lipinski definition) is 3. The van der Waals surface area contributed by atoms with Gasteiger partial charge in [0.1, 0.15) is 5.69 Å². The Labute approximate surface area is 157 Å². The Kier molecular flexibility index (Phi) is 4.95. The van der Waals surface area contributed by atoms with E-state index in [-0.39, 0.29) is 28.8 Å². The van der Waals surface area contributed by atoms with Crippen molar-refractivity contribution >= 4 is 40.1 Å². The van der Waals surface area contributed by atoms with Crippen molar-refractivity contribution in [2.45, 2.75) is 0 Å². The number of H-pyrrole nitrogens is 1. The summed E-state index contributed by atoms with van der Waals surface area (Å²) in [5, 5.41) is 14.6. The highest BCUT2D eigenvalue weighted by Gasteiger charge is 2.18. The van der Waals surface area contributed by atoms with Crippen molar-refractivity contribution in [1.82, 2.24) is 10.3 Å². The van der Waals surface area contributed by atoms with Crippen LogP contribution in [0.4, 0.5) is 5.69 Å². The number of aromatic nitrogens is 1. The van der Waals surface area contributed by atoms with E-state index in [1.165, 1.54) is 31.3 Å². The lowest BCUT2D eigenvalue weighted by molar-refractivity contribution is -0.385. The van der Waals surface area contributed by atoms with E-state index in [0.29, 0.717) is 15.9 Å². The lowest BCUT2D eigenvalue weighted by Gasteiger charge is -2.08. The summed E-state index contributed by atoms with van der Waals surface area (Å²) in [4.78, 5) is 29.4. The lowest BCUT2D eigenvalue weighted by Crippen LogP contribution is -2.28. The van der Waals surface area contributed by atoms with Gasteiger partial charge in [-0.15, -0.1) is 0 Å². The molecule has 1 amide bonds. The summed E-state index contributed by atoms with van der Waals surface area (Å²) in [5.41, 5.74) is 5.86. The summed E-state index contributed by atoms with van der Waals surface area (Å²) in [6.45, 7) is 0. The Balaban J connectivity index is 2.07. The zero-order valence-electron chi connectivity index (χ0n) is 14.0. The third-order valence-corrected chi connectivity index (χ3v) is 4.02. The topological polar surface area (TPSA) is 136 Å². The largest absolute Gasteiger partial charge is 0.448 e. The van der Waals surface area contributed by atoms with Gasteiger partial charge in [-0.3, -0.25) is 14.9 Å². The first-order valence-electron chi connectivity index (χ1n) is 7.69. The Bertz CT molecular complexity index is 1080. The molecule has 138 valence electrons. The molecule has 0 unspecified atom stereocenters. The van der Waals surface area contributed by atoms with E-state index < -0.39 is 10.8 Å². The van der Waals surface area contributed by atoms with Crippen LogP contribution in [-0.4, -0.2) is 28.8 Å². The normalized spacial score (nSPS) is 11.4. The van der Waals surface area contributed by atoms with Crippen molar-refractivity contribution < 1.29 is 14.5 Å². The zero-order chi connectivity index (χ0) is 19.6. The van der Waals surface area contributed by atoms with Crippen LogP contribution >= 0.6 is 11.6 Å². The molecule has 0 aliphatic heterocycles. The van der Waals surface area contributed by atoms with Crippen molar-refractivity contribution in [3.63, 3.8) is 0 Å². The Hall–Kier alpha value is -3.59. The zero-order valence-corrected chi connectivity index (χ0v) is 14.8. The number of guanidine groups is 1. The van der Waals surface area contributed by atoms with Gasteiger partial charge in [-0.25, -0.2) is 0 Å². The van der Waals surface area contributed by atoms with Crippen LogP contribution in [0.25, 0.3) is 10.9 Å². The minimum Gasteiger partial charge on any atom is -0.448 e. The fourth-order valence-electron chi connectivity index (χ4n) is 2.40. The van der Waals surface area contributed by atoms with Gasteiger partial charge in [-0.2, -0.15) is 4.99 Å². The van der Waals surface area contributed by atoms with Gasteiger partial charge < -0.3 is 20.8 Å². The van der Waals surface area contributed by atoms with Gasteiger partial charge in [0.25, 0.3) is 5.91 Å². The number of hydrogen-bond acceptors (Lipinski definition) is 4. The number of ether oxygens (including phenoxy) is 1. The second-order valence-corrected chi connectivity index (χ2v) is 5.80. The van der Waals surface area contributed by atoms with Gasteiger partial charge in [0.2, 0.25) is 5.75 Å². The molecule has 4 N–H and O–H groups in total. The van der Waals surface area contributed by atoms with E-state index in [2.05, 4.69) is 15.3 Å². The number of nitro groups is 1. The van der Waals surface area contributed by atoms with Gasteiger partial charge in [0.15, 0.2) is 11.7 Å². The average molecular weight is 388 g/mol. The lowest BCUT2D eigenvalue weighted by atomic mass is 10.2. The fraction of sp³-hybridized carbons (Fsp3) is 0.0588. The Morgan fingerprint density at radius 1 is 1.30 bits per heavy atom. The monoisotopic (exact) mass is 387 g/mol. The van der Waals surface area contributed by atoms with Crippen LogP contribution in [-0.2, 0) is 0 Å². The number of fused-ring (bicyclic) bond motifs is 1. The van der Waals surface area contributed by atoms with Gasteiger partial charge in [0, 0.05) is 18.5 Å². The second kappa shape index (κ2) is 7.34. The number of benzene rings is 2. The quantitative estimate of drug-likeness (QED) is 0.272. The average Bonchev–Trinajstić information content (AvgIpc) is 3.11. The van der Waals surface area contributed by atoms with E-state index in [0.717, 1.165) is 0 Å². The number of amides is 1. The third-order valence-electron chi connectivity index (χ3n) is 3.69. The molecule has 9 nitrogen and oxygen atoms in total. The molecule has 0 radical (unpaired) electrons. The molecular weight excluding hydrogens is 374 g/mol. The minimum absolute atomic E-state index is 0.0406. The minimum atomic E-state index is -0.606. The molecule has 2 aromatic carbocycles. The van der Waals surface area contributed by atoms with Crippen molar-refractivity contribution in [3.8, 4) is 11.5 Å². The number of aliphatic imine (C=N–C) groups is 1. The number of nitrogens with two attached hydrogens (primary N) is 1. The van der Waals surface area contributed by atoms with Gasteiger partial charge in [-0.05, 0) is 24.3 Å². The summed E-state index contributed by atoms with van der Waals surface area (Å²) in [6.07, 6.45) is 0. The number of carbonyl (C=O) groups excluding carboxylic acids is 1. The predicted molar refractivity (Wildman–Crippen MR) is 101 cm³/mol. The van der Waals surface area contributed by atoms with E-state index in [1.54, 1.807) is 18.2 Å². The summed E-state index contributed by atoms with van der Waals surface area (Å²) >= 11 is 6.20. The molecule has 0 spiro atoms. The van der Waals surface area contributed by atoms with Crippen LogP contribution in [0.2, 0.25) is 5.02 Å². The Morgan fingerprint density at radius 2 is 2.04 bits per heavy atom. The Morgan fingerprint density at radius 3 is 2.74 bits per heavy atom. The van der Waals surface area contributed by atoms with Crippen LogP contribution in [0.1, 0.15) is 10.5 Å². The number of carbonyl (C=O) groups is 1. The first-order chi connectivity index (χ1) is 12.9. The fourth-order valence-corrected chi connectivity index (χ4v) is 2.61. The highest BCUT2D eigenvalue weighted by molar-refractivity contribution is 6.35. The number of para-hydroxylation sites is 2. The number of nitro benzene ring substituents is 1. The molecular formula is C17H14ClN5O4. The summed E-state index contributed by atoms with van der Waals surface area (Å²) in [7, 11) is 1.53. The molecule has 10 heteroatoms. The number of nitrogens with zero attached hydrogens (tertiary/aromatic N) is 2. The highest BCUT2D eigenvalue weighted by atomic mass is 35.5. The second-order valence-electron chi connectivity index (χ2n) is 5.40. The molecule has 27 heavy (non-hydrogen) atoms. The molecule has 0 saturated heterocycles. The van der Waals surface area contributed by atoms with Crippen molar-refractivity contribution in [3.05, 3.63) is 63.3 Å². The molecule has 3 rings (SSSR count). The molecule has 1 aromatic heterocycles. The van der Waals surface area contributed by atoms with E-state index in [1.807, 2.05) is 0 Å². The van der Waals surface area contributed by atoms with Crippen LogP contribution < -0.4 is 15.8 Å². The summed E-state index contributed by atoms with van der Waals surface area (Å²) in [5.74, 6) is -0.314. The van der Waals surface area contributed by atoms with Gasteiger partial charge >= 0.3 is 5.69 Å². The summed E-state index contributed by atoms with van der Waals surface area (Å²) < 4.78 is 5.72. The smallest absolute Gasteiger partial charge is 0.311 e. The maximum Gasteiger partial charge on any atom is 0.311 e. The maximum atomic E-state index is 12.2. The highest BCUT2D eigenvalue weighted by Crippen LogP contribution is 2.37. The number of aromatic amines is 1. The molecule has 0 fully saturated rings. The first-order valence-corrected chi connectivity index (χ1v) is 8.07.